The van der Waals surface area contributed by atoms with Gasteiger partial charge in [-0.2, -0.15) is 5.10 Å². The van der Waals surface area contributed by atoms with Gasteiger partial charge in [0.2, 0.25) is 0 Å². The van der Waals surface area contributed by atoms with Gasteiger partial charge in [-0.1, -0.05) is 10.8 Å². The van der Waals surface area contributed by atoms with Crippen LogP contribution in [0.2, 0.25) is 0 Å². The zero-order valence-corrected chi connectivity index (χ0v) is 11.5. The van der Waals surface area contributed by atoms with Crippen LogP contribution in [-0.4, -0.2) is 38.8 Å². The molecule has 2 heterocycles. The van der Waals surface area contributed by atoms with Gasteiger partial charge in [-0.25, -0.2) is 4.79 Å². The second kappa shape index (κ2) is 6.62. The van der Waals surface area contributed by atoms with Gasteiger partial charge >= 0.3 is 5.97 Å². The molecule has 1 aliphatic rings. The second-order valence-electron chi connectivity index (χ2n) is 3.61. The molecule has 1 aromatic rings. The summed E-state index contributed by atoms with van der Waals surface area (Å²) in [5, 5.41) is 8.01. The molecule has 19 heavy (non-hydrogen) atoms. The van der Waals surface area contributed by atoms with Gasteiger partial charge in [-0.15, -0.1) is 5.06 Å². The number of hydrogen-bond acceptors (Lipinski definition) is 7. The van der Waals surface area contributed by atoms with E-state index >= 15 is 0 Å². The van der Waals surface area contributed by atoms with E-state index in [0.717, 1.165) is 5.03 Å². The highest BCUT2D eigenvalue weighted by Crippen LogP contribution is 2.29. The fourth-order valence-corrected chi connectivity index (χ4v) is 3.13. The van der Waals surface area contributed by atoms with Crippen LogP contribution >= 0.6 is 21.6 Å². The summed E-state index contributed by atoms with van der Waals surface area (Å²) in [5.41, 5.74) is 0. The highest BCUT2D eigenvalue weighted by molar-refractivity contribution is 8.76. The zero-order chi connectivity index (χ0) is 13.7. The van der Waals surface area contributed by atoms with Crippen molar-refractivity contribution in [3.63, 3.8) is 0 Å². The third-order valence-electron chi connectivity index (χ3n) is 2.21. The summed E-state index contributed by atoms with van der Waals surface area (Å²) in [4.78, 5) is 38.6. The summed E-state index contributed by atoms with van der Waals surface area (Å²) in [5.74, 6) is -1.00. The van der Waals surface area contributed by atoms with E-state index in [1.54, 1.807) is 6.20 Å². The third-order valence-corrected chi connectivity index (χ3v) is 4.46. The number of carbonyl (C=O) groups excluding carboxylic acids is 3. The molecular weight excluding hydrogens is 290 g/mol. The molecule has 2 amide bonds. The standard InChI is InChI=1S/C10H11N3O4S2/c14-8-1-2-9(15)13(8)17-10(16)4-6-18-19-7-3-5-11-12-7/h3,5H,1-2,4,6H2,(H,11,12). The first-order chi connectivity index (χ1) is 9.16. The zero-order valence-electron chi connectivity index (χ0n) is 9.83. The van der Waals surface area contributed by atoms with Crippen molar-refractivity contribution in [1.29, 1.82) is 0 Å². The normalized spacial score (nSPS) is 15.1. The van der Waals surface area contributed by atoms with Crippen molar-refractivity contribution >= 4 is 39.4 Å². The van der Waals surface area contributed by atoms with Crippen LogP contribution in [0.4, 0.5) is 0 Å². The Morgan fingerprint density at radius 1 is 1.42 bits per heavy atom. The largest absolute Gasteiger partial charge is 0.334 e. The quantitative estimate of drug-likeness (QED) is 0.478. The molecule has 0 bridgehead atoms. The van der Waals surface area contributed by atoms with Crippen LogP contribution in [0.3, 0.4) is 0 Å². The maximum Gasteiger partial charge on any atom is 0.334 e. The molecule has 0 unspecified atom stereocenters. The lowest BCUT2D eigenvalue weighted by Gasteiger charge is -2.11. The van der Waals surface area contributed by atoms with E-state index in [2.05, 4.69) is 10.2 Å². The number of rotatable bonds is 6. The van der Waals surface area contributed by atoms with Gasteiger partial charge in [0.05, 0.1) is 6.42 Å². The number of aromatic nitrogens is 2. The minimum atomic E-state index is -0.585. The first kappa shape index (κ1) is 13.9. The van der Waals surface area contributed by atoms with Crippen molar-refractivity contribution in [1.82, 2.24) is 15.3 Å². The molecule has 1 aromatic heterocycles. The highest BCUT2D eigenvalue weighted by atomic mass is 33.1. The first-order valence-electron chi connectivity index (χ1n) is 5.52. The number of nitrogens with one attached hydrogen (secondary N) is 1. The number of nitrogens with zero attached hydrogens (tertiary/aromatic N) is 2. The van der Waals surface area contributed by atoms with E-state index in [1.165, 1.54) is 21.6 Å². The number of amides is 2. The van der Waals surface area contributed by atoms with E-state index in [0.29, 0.717) is 10.8 Å². The Hall–Kier alpha value is -1.48. The first-order valence-corrected chi connectivity index (χ1v) is 7.84. The minimum Gasteiger partial charge on any atom is -0.330 e. The number of hydroxylamine groups is 2. The summed E-state index contributed by atoms with van der Waals surface area (Å²) >= 11 is 0. The van der Waals surface area contributed by atoms with Crippen LogP contribution in [0.15, 0.2) is 17.3 Å². The predicted octanol–water partition coefficient (Wildman–Crippen LogP) is 1.15. The van der Waals surface area contributed by atoms with Gasteiger partial charge in [0, 0.05) is 24.8 Å². The molecule has 0 spiro atoms. The molecule has 0 radical (unpaired) electrons. The summed E-state index contributed by atoms with van der Waals surface area (Å²) in [6.07, 6.45) is 2.05. The molecule has 0 aromatic carbocycles. The lowest BCUT2D eigenvalue weighted by Crippen LogP contribution is -2.32. The summed E-state index contributed by atoms with van der Waals surface area (Å²) in [7, 11) is 2.88. The van der Waals surface area contributed by atoms with Crippen LogP contribution in [0.5, 0.6) is 0 Å². The fraction of sp³-hybridized carbons (Fsp3) is 0.400. The summed E-state index contributed by atoms with van der Waals surface area (Å²) in [6, 6.07) is 1.82. The van der Waals surface area contributed by atoms with Gasteiger partial charge in [0.25, 0.3) is 11.8 Å². The molecule has 9 heteroatoms. The fourth-order valence-electron chi connectivity index (χ4n) is 1.33. The minimum absolute atomic E-state index is 0.107. The van der Waals surface area contributed by atoms with Gasteiger partial charge in [-0.05, 0) is 16.9 Å². The van der Waals surface area contributed by atoms with Crippen LogP contribution < -0.4 is 0 Å². The Morgan fingerprint density at radius 2 is 2.16 bits per heavy atom. The average Bonchev–Trinajstić information content (AvgIpc) is 3.00. The Balaban J connectivity index is 1.64. The van der Waals surface area contributed by atoms with E-state index in [-0.39, 0.29) is 19.3 Å². The van der Waals surface area contributed by atoms with Crippen molar-refractivity contribution < 1.29 is 19.2 Å². The molecule has 7 nitrogen and oxygen atoms in total. The number of imide groups is 1. The maximum absolute atomic E-state index is 11.4. The van der Waals surface area contributed by atoms with Crippen molar-refractivity contribution in [2.75, 3.05) is 5.75 Å². The molecule has 102 valence electrons. The summed E-state index contributed by atoms with van der Waals surface area (Å²) in [6.45, 7) is 0. The number of carbonyl (C=O) groups is 3. The Bertz CT molecular complexity index is 461. The van der Waals surface area contributed by atoms with Gasteiger partial charge in [0.15, 0.2) is 0 Å². The van der Waals surface area contributed by atoms with E-state index in [4.69, 9.17) is 4.84 Å². The molecule has 0 atom stereocenters. The Morgan fingerprint density at radius 3 is 2.79 bits per heavy atom. The van der Waals surface area contributed by atoms with Crippen molar-refractivity contribution in [2.24, 2.45) is 0 Å². The van der Waals surface area contributed by atoms with Gasteiger partial charge < -0.3 is 4.84 Å². The second-order valence-corrected chi connectivity index (χ2v) is 6.05. The lowest BCUT2D eigenvalue weighted by atomic mass is 10.4. The van der Waals surface area contributed by atoms with Crippen LogP contribution in [-0.2, 0) is 19.2 Å². The predicted molar refractivity (Wildman–Crippen MR) is 68.7 cm³/mol. The molecule has 1 N–H and O–H groups in total. The SMILES string of the molecule is O=C(CCSSc1cc[nH]n1)ON1C(=O)CCC1=O. The monoisotopic (exact) mass is 301 g/mol. The molecule has 1 saturated heterocycles. The van der Waals surface area contributed by atoms with E-state index in [1.807, 2.05) is 6.07 Å². The Kier molecular flexibility index (Phi) is 4.86. The lowest BCUT2D eigenvalue weighted by molar-refractivity contribution is -0.197. The van der Waals surface area contributed by atoms with Gasteiger partial charge in [-0.3, -0.25) is 14.7 Å². The van der Waals surface area contributed by atoms with Gasteiger partial charge in [0.1, 0.15) is 5.03 Å². The van der Waals surface area contributed by atoms with Crippen LogP contribution in [0.1, 0.15) is 19.3 Å². The van der Waals surface area contributed by atoms with Crippen molar-refractivity contribution in [2.45, 2.75) is 24.3 Å². The van der Waals surface area contributed by atoms with E-state index < -0.39 is 17.8 Å². The van der Waals surface area contributed by atoms with Crippen LogP contribution in [0.25, 0.3) is 0 Å². The number of aromatic amines is 1. The molecule has 0 saturated carbocycles. The smallest absolute Gasteiger partial charge is 0.330 e. The topological polar surface area (TPSA) is 92.4 Å². The average molecular weight is 301 g/mol. The summed E-state index contributed by atoms with van der Waals surface area (Å²) < 4.78 is 0. The number of hydrogen-bond donors (Lipinski definition) is 1. The third kappa shape index (κ3) is 4.00. The molecule has 2 rings (SSSR count). The van der Waals surface area contributed by atoms with E-state index in [9.17, 15) is 14.4 Å². The highest BCUT2D eigenvalue weighted by Gasteiger charge is 2.32. The van der Waals surface area contributed by atoms with Crippen molar-refractivity contribution in [3.05, 3.63) is 12.3 Å². The molecule has 1 fully saturated rings. The molecule has 0 aliphatic carbocycles. The Labute approximate surface area is 116 Å². The maximum atomic E-state index is 11.4. The number of H-pyrrole nitrogens is 1. The van der Waals surface area contributed by atoms with Crippen LogP contribution in [0, 0.1) is 0 Å². The molecule has 1 aliphatic heterocycles. The van der Waals surface area contributed by atoms with Crippen molar-refractivity contribution in [3.8, 4) is 0 Å². The molecular formula is C10H11N3O4S2.